The molecule has 0 spiro atoms. The molecule has 0 saturated heterocycles. The number of esters is 1. The van der Waals surface area contributed by atoms with Gasteiger partial charge in [-0.15, -0.1) is 22.7 Å². The standard InChI is InChI=1S/C24H18N2O3S3/c1-2-29-23(28)19-20(15-8-4-3-5-9-15)25-24-26(21(19)17-11-7-13-31-17)22(27)18(32-24)14-16-10-6-12-30-16/h3-14,21H,2H2,1H3/b18-14+. The summed E-state index contributed by atoms with van der Waals surface area (Å²) in [5.74, 6) is -0.457. The summed E-state index contributed by atoms with van der Waals surface area (Å²) in [6.45, 7) is 2.02. The van der Waals surface area contributed by atoms with Crippen LogP contribution in [0.25, 0.3) is 11.8 Å². The Bertz CT molecular complexity index is 1460. The molecule has 5 nitrogen and oxygen atoms in total. The highest BCUT2D eigenvalue weighted by Crippen LogP contribution is 2.36. The lowest BCUT2D eigenvalue weighted by atomic mass is 9.97. The lowest BCUT2D eigenvalue weighted by Crippen LogP contribution is -2.39. The van der Waals surface area contributed by atoms with E-state index in [0.717, 1.165) is 15.3 Å². The van der Waals surface area contributed by atoms with Gasteiger partial charge in [0.1, 0.15) is 6.04 Å². The second-order valence-corrected chi connectivity index (χ2v) is 9.93. The van der Waals surface area contributed by atoms with Crippen LogP contribution in [0.2, 0.25) is 0 Å². The lowest BCUT2D eigenvalue weighted by molar-refractivity contribution is -0.138. The lowest BCUT2D eigenvalue weighted by Gasteiger charge is -2.24. The van der Waals surface area contributed by atoms with Gasteiger partial charge in [-0.2, -0.15) is 0 Å². The quantitative estimate of drug-likeness (QED) is 0.407. The first-order valence-electron chi connectivity index (χ1n) is 10.0. The fourth-order valence-corrected chi connectivity index (χ4v) is 6.21. The van der Waals surface area contributed by atoms with Crippen LogP contribution in [0, 0.1) is 0 Å². The Morgan fingerprint density at radius 2 is 1.88 bits per heavy atom. The minimum absolute atomic E-state index is 0.158. The molecule has 3 aromatic heterocycles. The Kier molecular flexibility index (Phi) is 5.73. The first kappa shape index (κ1) is 20.8. The first-order chi connectivity index (χ1) is 15.7. The number of rotatable bonds is 5. The molecule has 1 atom stereocenters. The van der Waals surface area contributed by atoms with E-state index in [4.69, 9.17) is 9.73 Å². The Morgan fingerprint density at radius 3 is 2.56 bits per heavy atom. The molecule has 0 saturated carbocycles. The highest BCUT2D eigenvalue weighted by atomic mass is 32.1. The number of hydrogen-bond donors (Lipinski definition) is 0. The molecule has 4 aromatic rings. The maximum absolute atomic E-state index is 13.5. The molecule has 1 unspecified atom stereocenters. The molecule has 0 radical (unpaired) electrons. The molecule has 1 aliphatic rings. The summed E-state index contributed by atoms with van der Waals surface area (Å²) in [6, 6.07) is 16.8. The molecule has 0 bridgehead atoms. The zero-order chi connectivity index (χ0) is 22.1. The predicted octanol–water partition coefficient (Wildman–Crippen LogP) is 4.06. The highest BCUT2D eigenvalue weighted by molar-refractivity contribution is 7.11. The molecular formula is C24H18N2O3S3. The molecule has 0 aliphatic carbocycles. The molecule has 0 amide bonds. The number of fused-ring (bicyclic) bond motifs is 1. The minimum Gasteiger partial charge on any atom is -0.463 e. The van der Waals surface area contributed by atoms with E-state index in [1.54, 1.807) is 22.8 Å². The maximum Gasteiger partial charge on any atom is 0.338 e. The van der Waals surface area contributed by atoms with Crippen molar-refractivity contribution in [3.8, 4) is 0 Å². The maximum atomic E-state index is 13.5. The molecule has 32 heavy (non-hydrogen) atoms. The van der Waals surface area contributed by atoms with Gasteiger partial charge in [0.25, 0.3) is 5.56 Å². The van der Waals surface area contributed by atoms with Crippen LogP contribution in [0.5, 0.6) is 0 Å². The molecular weight excluding hydrogens is 460 g/mol. The van der Waals surface area contributed by atoms with Crippen molar-refractivity contribution in [2.45, 2.75) is 13.0 Å². The summed E-state index contributed by atoms with van der Waals surface area (Å²) < 4.78 is 7.66. The van der Waals surface area contributed by atoms with Crippen molar-refractivity contribution in [3.63, 3.8) is 0 Å². The largest absolute Gasteiger partial charge is 0.463 e. The van der Waals surface area contributed by atoms with Crippen LogP contribution < -0.4 is 14.9 Å². The molecule has 160 valence electrons. The van der Waals surface area contributed by atoms with Gasteiger partial charge < -0.3 is 4.74 Å². The number of benzene rings is 1. The van der Waals surface area contributed by atoms with Crippen molar-refractivity contribution in [1.82, 2.24) is 4.57 Å². The Balaban J connectivity index is 1.83. The number of carbonyl (C=O) groups is 1. The number of thiazole rings is 1. The number of carbonyl (C=O) groups excluding carboxylic acids is 1. The second kappa shape index (κ2) is 8.82. The Hall–Kier alpha value is -3.07. The monoisotopic (exact) mass is 478 g/mol. The summed E-state index contributed by atoms with van der Waals surface area (Å²) in [7, 11) is 0. The summed E-state index contributed by atoms with van der Waals surface area (Å²) in [5.41, 5.74) is 1.59. The van der Waals surface area contributed by atoms with Crippen LogP contribution in [0.15, 0.2) is 80.7 Å². The fourth-order valence-electron chi connectivity index (χ4n) is 3.66. The van der Waals surface area contributed by atoms with Crippen LogP contribution in [-0.2, 0) is 9.53 Å². The van der Waals surface area contributed by atoms with E-state index in [1.807, 2.05) is 71.4 Å². The van der Waals surface area contributed by atoms with Gasteiger partial charge in [0.2, 0.25) is 0 Å². The van der Waals surface area contributed by atoms with Gasteiger partial charge in [-0.3, -0.25) is 9.36 Å². The molecule has 4 heterocycles. The van der Waals surface area contributed by atoms with Crippen LogP contribution in [-0.4, -0.2) is 17.1 Å². The normalized spacial score (nSPS) is 16.0. The highest BCUT2D eigenvalue weighted by Gasteiger charge is 2.35. The van der Waals surface area contributed by atoms with Gasteiger partial charge >= 0.3 is 5.97 Å². The van der Waals surface area contributed by atoms with Crippen molar-refractivity contribution in [3.05, 3.63) is 106 Å². The zero-order valence-corrected chi connectivity index (χ0v) is 19.5. The van der Waals surface area contributed by atoms with Crippen LogP contribution in [0.1, 0.15) is 28.3 Å². The molecule has 8 heteroatoms. The summed E-state index contributed by atoms with van der Waals surface area (Å²) >= 11 is 4.42. The van der Waals surface area contributed by atoms with Crippen molar-refractivity contribution < 1.29 is 9.53 Å². The van der Waals surface area contributed by atoms with Crippen LogP contribution in [0.3, 0.4) is 0 Å². The average molecular weight is 479 g/mol. The second-order valence-electron chi connectivity index (χ2n) is 6.96. The summed E-state index contributed by atoms with van der Waals surface area (Å²) in [6.07, 6.45) is 1.89. The van der Waals surface area contributed by atoms with E-state index >= 15 is 0 Å². The van der Waals surface area contributed by atoms with Crippen molar-refractivity contribution in [2.75, 3.05) is 6.61 Å². The average Bonchev–Trinajstić information content (AvgIpc) is 3.57. The van der Waals surface area contributed by atoms with Gasteiger partial charge in [-0.25, -0.2) is 9.79 Å². The van der Waals surface area contributed by atoms with Gasteiger partial charge in [0.05, 0.1) is 22.4 Å². The molecule has 1 aromatic carbocycles. The topological polar surface area (TPSA) is 60.7 Å². The van der Waals surface area contributed by atoms with E-state index in [0.29, 0.717) is 20.6 Å². The van der Waals surface area contributed by atoms with E-state index in [9.17, 15) is 9.59 Å². The van der Waals surface area contributed by atoms with Crippen molar-refractivity contribution in [2.24, 2.45) is 4.99 Å². The Labute approximate surface area is 195 Å². The Morgan fingerprint density at radius 1 is 1.09 bits per heavy atom. The fraction of sp³-hybridized carbons (Fsp3) is 0.125. The third kappa shape index (κ3) is 3.70. The van der Waals surface area contributed by atoms with Gasteiger partial charge in [-0.05, 0) is 35.9 Å². The van der Waals surface area contributed by atoms with Gasteiger partial charge in [-0.1, -0.05) is 53.8 Å². The predicted molar refractivity (Wildman–Crippen MR) is 130 cm³/mol. The molecule has 0 N–H and O–H groups in total. The van der Waals surface area contributed by atoms with E-state index in [-0.39, 0.29) is 12.2 Å². The van der Waals surface area contributed by atoms with E-state index < -0.39 is 12.0 Å². The summed E-state index contributed by atoms with van der Waals surface area (Å²) in [4.78, 5) is 34.0. The third-order valence-electron chi connectivity index (χ3n) is 5.00. The molecule has 1 aliphatic heterocycles. The number of ether oxygens (including phenoxy) is 1. The van der Waals surface area contributed by atoms with Crippen LogP contribution >= 0.6 is 34.0 Å². The SMILES string of the molecule is CCOC(=O)C1=C(c2ccccc2)N=c2s/c(=C/c3cccs3)c(=O)n2C1c1cccs1. The third-order valence-corrected chi connectivity index (χ3v) is 7.73. The van der Waals surface area contributed by atoms with Gasteiger partial charge in [0, 0.05) is 15.3 Å². The summed E-state index contributed by atoms with van der Waals surface area (Å²) in [5, 5.41) is 3.92. The van der Waals surface area contributed by atoms with Crippen molar-refractivity contribution in [1.29, 1.82) is 0 Å². The van der Waals surface area contributed by atoms with E-state index in [1.165, 1.54) is 22.7 Å². The number of nitrogens with zero attached hydrogens (tertiary/aromatic N) is 2. The first-order valence-corrected chi connectivity index (χ1v) is 12.6. The zero-order valence-electron chi connectivity index (χ0n) is 17.1. The number of hydrogen-bond acceptors (Lipinski definition) is 7. The van der Waals surface area contributed by atoms with Gasteiger partial charge in [0.15, 0.2) is 4.80 Å². The van der Waals surface area contributed by atoms with E-state index in [2.05, 4.69) is 0 Å². The minimum atomic E-state index is -0.592. The number of aromatic nitrogens is 1. The smallest absolute Gasteiger partial charge is 0.338 e. The molecule has 0 fully saturated rings. The van der Waals surface area contributed by atoms with Crippen molar-refractivity contribution >= 4 is 51.8 Å². The van der Waals surface area contributed by atoms with Crippen LogP contribution in [0.4, 0.5) is 0 Å². The number of thiophene rings is 2. The molecule has 5 rings (SSSR count).